The molecule has 0 atom stereocenters. The molecule has 90 valence electrons. The van der Waals surface area contributed by atoms with E-state index in [9.17, 15) is 4.79 Å². The first-order valence-corrected chi connectivity index (χ1v) is 5.85. The Morgan fingerprint density at radius 2 is 2.12 bits per heavy atom. The van der Waals surface area contributed by atoms with Crippen LogP contribution in [-0.4, -0.2) is 12.1 Å². The van der Waals surface area contributed by atoms with Gasteiger partial charge in [-0.25, -0.2) is 0 Å². The molecule has 0 bridgehead atoms. The number of benzene rings is 1. The van der Waals surface area contributed by atoms with Crippen LogP contribution in [0.5, 0.6) is 5.75 Å². The Kier molecular flexibility index (Phi) is 3.11. The van der Waals surface area contributed by atoms with Gasteiger partial charge in [0.15, 0.2) is 5.43 Å². The molecule has 0 unspecified atom stereocenters. The lowest BCUT2D eigenvalue weighted by molar-refractivity contribution is 0.415. The standard InChI is InChI=1S/C13H14ClNO2/c1-4-10-7(2)13(16)8-5-9(14)12(17-3)6-11(8)15-10/h5-6H,4H2,1-3H3,(H,15,16). The van der Waals surface area contributed by atoms with Crippen molar-refractivity contribution < 1.29 is 4.74 Å². The third kappa shape index (κ3) is 1.91. The first kappa shape index (κ1) is 12.0. The van der Waals surface area contributed by atoms with Crippen molar-refractivity contribution >= 4 is 22.5 Å². The van der Waals surface area contributed by atoms with E-state index in [0.717, 1.165) is 23.2 Å². The first-order valence-electron chi connectivity index (χ1n) is 5.47. The monoisotopic (exact) mass is 251 g/mol. The van der Waals surface area contributed by atoms with Gasteiger partial charge in [0.05, 0.1) is 17.6 Å². The number of pyridine rings is 1. The summed E-state index contributed by atoms with van der Waals surface area (Å²) in [5.41, 5.74) is 2.49. The van der Waals surface area contributed by atoms with Gasteiger partial charge in [0.1, 0.15) is 5.75 Å². The number of aromatic amines is 1. The fraction of sp³-hybridized carbons (Fsp3) is 0.308. The van der Waals surface area contributed by atoms with Crippen molar-refractivity contribution in [2.45, 2.75) is 20.3 Å². The molecule has 0 aliphatic carbocycles. The fourth-order valence-corrected chi connectivity index (χ4v) is 2.19. The zero-order chi connectivity index (χ0) is 12.6. The third-order valence-electron chi connectivity index (χ3n) is 2.97. The molecular weight excluding hydrogens is 238 g/mol. The van der Waals surface area contributed by atoms with Crippen molar-refractivity contribution in [2.24, 2.45) is 0 Å². The van der Waals surface area contributed by atoms with E-state index in [1.165, 1.54) is 0 Å². The van der Waals surface area contributed by atoms with Crippen LogP contribution in [0.15, 0.2) is 16.9 Å². The van der Waals surface area contributed by atoms with Crippen LogP contribution in [0.1, 0.15) is 18.2 Å². The molecule has 0 saturated heterocycles. The Hall–Kier alpha value is -1.48. The summed E-state index contributed by atoms with van der Waals surface area (Å²) >= 11 is 6.02. The zero-order valence-electron chi connectivity index (χ0n) is 10.1. The maximum atomic E-state index is 12.1. The van der Waals surface area contributed by atoms with Crippen LogP contribution in [0.3, 0.4) is 0 Å². The average molecular weight is 252 g/mol. The van der Waals surface area contributed by atoms with Crippen molar-refractivity contribution in [3.8, 4) is 5.75 Å². The van der Waals surface area contributed by atoms with Gasteiger partial charge in [-0.05, 0) is 19.4 Å². The Labute approximate surface area is 104 Å². The van der Waals surface area contributed by atoms with Gasteiger partial charge in [0.25, 0.3) is 0 Å². The molecule has 0 aliphatic rings. The smallest absolute Gasteiger partial charge is 0.192 e. The first-order chi connectivity index (χ1) is 8.08. The van der Waals surface area contributed by atoms with Crippen LogP contribution in [0, 0.1) is 6.92 Å². The number of halogens is 1. The molecular formula is C13H14ClNO2. The molecule has 0 saturated carbocycles. The van der Waals surface area contributed by atoms with E-state index in [4.69, 9.17) is 16.3 Å². The molecule has 1 aromatic carbocycles. The van der Waals surface area contributed by atoms with Gasteiger partial charge in [0.2, 0.25) is 0 Å². The Morgan fingerprint density at radius 1 is 1.41 bits per heavy atom. The lowest BCUT2D eigenvalue weighted by Crippen LogP contribution is -2.11. The SMILES string of the molecule is CCc1[nH]c2cc(OC)c(Cl)cc2c(=O)c1C. The van der Waals surface area contributed by atoms with E-state index < -0.39 is 0 Å². The minimum absolute atomic E-state index is 0.0279. The quantitative estimate of drug-likeness (QED) is 0.891. The van der Waals surface area contributed by atoms with Gasteiger partial charge < -0.3 is 9.72 Å². The van der Waals surface area contributed by atoms with E-state index in [2.05, 4.69) is 4.98 Å². The predicted octanol–water partition coefficient (Wildman–Crippen LogP) is 3.06. The summed E-state index contributed by atoms with van der Waals surface area (Å²) in [6.45, 7) is 3.84. The molecule has 1 N–H and O–H groups in total. The molecule has 0 radical (unpaired) electrons. The molecule has 0 fully saturated rings. The largest absolute Gasteiger partial charge is 0.495 e. The van der Waals surface area contributed by atoms with E-state index in [1.807, 2.05) is 13.8 Å². The van der Waals surface area contributed by atoms with Crippen molar-refractivity contribution in [1.29, 1.82) is 0 Å². The van der Waals surface area contributed by atoms with Crippen LogP contribution in [0.2, 0.25) is 5.02 Å². The third-order valence-corrected chi connectivity index (χ3v) is 3.26. The normalized spacial score (nSPS) is 10.8. The highest BCUT2D eigenvalue weighted by atomic mass is 35.5. The molecule has 0 amide bonds. The van der Waals surface area contributed by atoms with E-state index in [0.29, 0.717) is 16.2 Å². The number of ether oxygens (including phenoxy) is 1. The molecule has 0 aliphatic heterocycles. The van der Waals surface area contributed by atoms with Gasteiger partial charge in [-0.3, -0.25) is 4.79 Å². The summed E-state index contributed by atoms with van der Waals surface area (Å²) in [5.74, 6) is 0.570. The summed E-state index contributed by atoms with van der Waals surface area (Å²) < 4.78 is 5.14. The van der Waals surface area contributed by atoms with Crippen molar-refractivity contribution in [3.63, 3.8) is 0 Å². The van der Waals surface area contributed by atoms with Crippen LogP contribution < -0.4 is 10.2 Å². The fourth-order valence-electron chi connectivity index (χ4n) is 1.95. The summed E-state index contributed by atoms with van der Waals surface area (Å²) in [6, 6.07) is 3.42. The molecule has 17 heavy (non-hydrogen) atoms. The van der Waals surface area contributed by atoms with Gasteiger partial charge in [-0.15, -0.1) is 0 Å². The number of hydrogen-bond donors (Lipinski definition) is 1. The minimum Gasteiger partial charge on any atom is -0.495 e. The Bertz CT molecular complexity index is 626. The van der Waals surface area contributed by atoms with Crippen LogP contribution in [0.4, 0.5) is 0 Å². The van der Waals surface area contributed by atoms with E-state index in [1.54, 1.807) is 19.2 Å². The average Bonchev–Trinajstić information content (AvgIpc) is 2.34. The second kappa shape index (κ2) is 4.41. The lowest BCUT2D eigenvalue weighted by atomic mass is 10.1. The zero-order valence-corrected chi connectivity index (χ0v) is 10.8. The number of hydrogen-bond acceptors (Lipinski definition) is 2. The lowest BCUT2D eigenvalue weighted by Gasteiger charge is -2.09. The van der Waals surface area contributed by atoms with Crippen molar-refractivity contribution in [2.75, 3.05) is 7.11 Å². The number of rotatable bonds is 2. The summed E-state index contributed by atoms with van der Waals surface area (Å²) in [4.78, 5) is 15.4. The summed E-state index contributed by atoms with van der Waals surface area (Å²) in [5, 5.41) is 1.06. The molecule has 1 aromatic heterocycles. The topological polar surface area (TPSA) is 42.1 Å². The maximum absolute atomic E-state index is 12.1. The van der Waals surface area contributed by atoms with Crippen LogP contribution >= 0.6 is 11.6 Å². The number of H-pyrrole nitrogens is 1. The molecule has 2 rings (SSSR count). The number of methoxy groups -OCH3 is 1. The van der Waals surface area contributed by atoms with Gasteiger partial charge >= 0.3 is 0 Å². The summed E-state index contributed by atoms with van der Waals surface area (Å²) in [7, 11) is 1.56. The number of nitrogens with one attached hydrogen (secondary N) is 1. The number of fused-ring (bicyclic) bond motifs is 1. The number of aromatic nitrogens is 1. The van der Waals surface area contributed by atoms with Crippen molar-refractivity contribution in [1.82, 2.24) is 4.98 Å². The molecule has 1 heterocycles. The van der Waals surface area contributed by atoms with Gasteiger partial charge in [-0.1, -0.05) is 18.5 Å². The van der Waals surface area contributed by atoms with E-state index >= 15 is 0 Å². The Morgan fingerprint density at radius 3 is 2.71 bits per heavy atom. The minimum atomic E-state index is 0.0279. The molecule has 2 aromatic rings. The second-order valence-corrected chi connectivity index (χ2v) is 4.35. The highest BCUT2D eigenvalue weighted by Gasteiger charge is 2.10. The van der Waals surface area contributed by atoms with Gasteiger partial charge in [-0.2, -0.15) is 0 Å². The van der Waals surface area contributed by atoms with E-state index in [-0.39, 0.29) is 5.43 Å². The molecule has 3 nitrogen and oxygen atoms in total. The highest BCUT2D eigenvalue weighted by molar-refractivity contribution is 6.32. The Balaban J connectivity index is 2.87. The summed E-state index contributed by atoms with van der Waals surface area (Å²) in [6.07, 6.45) is 0.794. The number of aryl methyl sites for hydroxylation is 1. The molecule has 0 spiro atoms. The highest BCUT2D eigenvalue weighted by Crippen LogP contribution is 2.28. The predicted molar refractivity (Wildman–Crippen MR) is 70.2 cm³/mol. The maximum Gasteiger partial charge on any atom is 0.192 e. The van der Waals surface area contributed by atoms with Crippen LogP contribution in [0.25, 0.3) is 10.9 Å². The van der Waals surface area contributed by atoms with Crippen molar-refractivity contribution in [3.05, 3.63) is 38.6 Å². The van der Waals surface area contributed by atoms with Gasteiger partial charge in [0, 0.05) is 22.7 Å². The molecule has 4 heteroatoms. The second-order valence-electron chi connectivity index (χ2n) is 3.94. The van der Waals surface area contributed by atoms with Crippen LogP contribution in [-0.2, 0) is 6.42 Å².